The first-order valence-corrected chi connectivity index (χ1v) is 9.91. The van der Waals surface area contributed by atoms with Crippen molar-refractivity contribution < 1.29 is 0 Å². The van der Waals surface area contributed by atoms with Crippen molar-refractivity contribution in [2.45, 2.75) is 11.0 Å². The van der Waals surface area contributed by atoms with Gasteiger partial charge in [-0.2, -0.15) is 0 Å². The summed E-state index contributed by atoms with van der Waals surface area (Å²) >= 11 is 1.94. The Labute approximate surface area is 52.5 Å². The Hall–Kier alpha value is 1.37. The summed E-state index contributed by atoms with van der Waals surface area (Å²) in [6.07, 6.45) is 0. The van der Waals surface area contributed by atoms with Crippen LogP contribution in [0.5, 0.6) is 0 Å². The van der Waals surface area contributed by atoms with E-state index in [9.17, 15) is 0 Å². The van der Waals surface area contributed by atoms with E-state index < -0.39 is 16.2 Å². The van der Waals surface area contributed by atoms with Crippen molar-refractivity contribution in [2.75, 3.05) is 2.98 Å². The van der Waals surface area contributed by atoms with Gasteiger partial charge >= 0.3 is 52.7 Å². The van der Waals surface area contributed by atoms with Crippen LogP contribution in [0.2, 0.25) is 11.0 Å². The summed E-state index contributed by atoms with van der Waals surface area (Å²) in [7, 11) is 0. The Kier molecular flexibility index (Phi) is 4.52. The molecule has 2 heteroatoms. The first kappa shape index (κ1) is 6.37. The monoisotopic (exact) mass is 240 g/mol. The third-order valence-corrected chi connectivity index (χ3v) is 10.8. The van der Waals surface area contributed by atoms with Gasteiger partial charge in [-0.3, -0.25) is 0 Å². The van der Waals surface area contributed by atoms with Crippen molar-refractivity contribution in [3.8, 4) is 0 Å². The minimum atomic E-state index is -0.525. The summed E-state index contributed by atoms with van der Waals surface area (Å²) in [5.74, 6) is 0. The van der Waals surface area contributed by atoms with Gasteiger partial charge in [-0.1, -0.05) is 0 Å². The molecule has 0 rings (SSSR count). The molecule has 5 heavy (non-hydrogen) atoms. The van der Waals surface area contributed by atoms with Crippen molar-refractivity contribution in [3.05, 3.63) is 0 Å². The molecule has 0 amide bonds. The second-order valence-electron chi connectivity index (χ2n) is 1.55. The first-order valence-electron chi connectivity index (χ1n) is 1.83. The topological polar surface area (TPSA) is 0 Å². The van der Waals surface area contributed by atoms with Crippen molar-refractivity contribution in [1.82, 2.24) is 0 Å². The molecule has 0 aromatic carbocycles. The Morgan fingerprint density at radius 3 is 1.80 bits per heavy atom. The second kappa shape index (κ2) is 3.55. The van der Waals surface area contributed by atoms with Gasteiger partial charge in [0.1, 0.15) is 0 Å². The molecule has 30 valence electrons. The van der Waals surface area contributed by atoms with Gasteiger partial charge in [0.2, 0.25) is 0 Å². The molecule has 0 unspecified atom stereocenters. The van der Waals surface area contributed by atoms with Gasteiger partial charge in [0, 0.05) is 0 Å². The normalized spacial score (nSPS) is 7.80. The average molecular weight is 241 g/mol. The maximum atomic E-state index is 2.46. The van der Waals surface area contributed by atoms with Crippen LogP contribution >= 0.6 is 22.6 Å². The van der Waals surface area contributed by atoms with Crippen molar-refractivity contribution >= 4 is 38.8 Å². The summed E-state index contributed by atoms with van der Waals surface area (Å²) in [4.78, 5) is 0. The fraction of sp³-hybridized carbons (Fsp3) is 1.00. The molecular weight excluding hydrogens is 233 g/mol. The van der Waals surface area contributed by atoms with Crippen LogP contribution in [0.3, 0.4) is 0 Å². The molecule has 0 aliphatic carbocycles. The van der Waals surface area contributed by atoms with Crippen LogP contribution in [0.25, 0.3) is 0 Å². The van der Waals surface area contributed by atoms with Crippen LogP contribution in [-0.2, 0) is 0 Å². The zero-order valence-electron chi connectivity index (χ0n) is 3.66. The van der Waals surface area contributed by atoms with E-state index in [0.717, 1.165) is 0 Å². The van der Waals surface area contributed by atoms with E-state index >= 15 is 0 Å². The van der Waals surface area contributed by atoms with Crippen molar-refractivity contribution in [1.29, 1.82) is 0 Å². The molecule has 0 N–H and O–H groups in total. The van der Waals surface area contributed by atoms with Crippen LogP contribution in [0.1, 0.15) is 0 Å². The predicted octanol–water partition coefficient (Wildman–Crippen LogP) is 1.72. The molecule has 0 aromatic heterocycles. The van der Waals surface area contributed by atoms with E-state index in [0.29, 0.717) is 0 Å². The quantitative estimate of drug-likeness (QED) is 0.372. The van der Waals surface area contributed by atoms with E-state index in [-0.39, 0.29) is 0 Å². The van der Waals surface area contributed by atoms with Crippen LogP contribution in [0.15, 0.2) is 0 Å². The first-order chi connectivity index (χ1) is 2.27. The Balaban J connectivity index is 2.54. The summed E-state index contributed by atoms with van der Waals surface area (Å²) in [6, 6.07) is 0. The molecule has 0 spiro atoms. The molecule has 0 aliphatic heterocycles. The molecule has 0 fully saturated rings. The van der Waals surface area contributed by atoms with Crippen molar-refractivity contribution in [3.63, 3.8) is 0 Å². The average Bonchev–Trinajstić information content (AvgIpc) is 1.38. The Morgan fingerprint density at radius 1 is 1.60 bits per heavy atom. The molecular formula is C3H8GaI. The van der Waals surface area contributed by atoms with Gasteiger partial charge in [0.05, 0.1) is 0 Å². The number of halogens is 1. The molecule has 0 saturated carbocycles. The van der Waals surface area contributed by atoms with Gasteiger partial charge < -0.3 is 0 Å². The molecule has 0 heterocycles. The van der Waals surface area contributed by atoms with Crippen LogP contribution in [0.4, 0.5) is 0 Å². The molecule has 0 atom stereocenters. The van der Waals surface area contributed by atoms with Gasteiger partial charge in [-0.05, 0) is 0 Å². The molecule has 0 bridgehead atoms. The summed E-state index contributed by atoms with van der Waals surface area (Å²) in [5.41, 5.74) is 4.80. The molecule has 0 radical (unpaired) electrons. The number of rotatable bonds is 1. The van der Waals surface area contributed by atoms with E-state index in [1.165, 1.54) is 2.98 Å². The van der Waals surface area contributed by atoms with Crippen LogP contribution < -0.4 is 0 Å². The SMILES string of the molecule is [CH3][Ga]([CH3])[CH2]I. The number of alkyl halides is 1. The summed E-state index contributed by atoms with van der Waals surface area (Å²) in [5, 5.41) is 0. The summed E-state index contributed by atoms with van der Waals surface area (Å²) < 4.78 is 1.46. The number of hydrogen-bond acceptors (Lipinski definition) is 0. The van der Waals surface area contributed by atoms with Gasteiger partial charge in [-0.25, -0.2) is 0 Å². The molecule has 0 aromatic rings. The standard InChI is InChI=1S/CH2I.2CH3.Ga/c1-2;;;/h1H2;2*1H3;. The summed E-state index contributed by atoms with van der Waals surface area (Å²) in [6.45, 7) is 0. The van der Waals surface area contributed by atoms with Crippen LogP contribution in [-0.4, -0.2) is 19.2 Å². The zero-order valence-corrected chi connectivity index (χ0v) is 8.24. The van der Waals surface area contributed by atoms with Crippen LogP contribution in [0, 0.1) is 0 Å². The van der Waals surface area contributed by atoms with Gasteiger partial charge in [0.15, 0.2) is 0 Å². The van der Waals surface area contributed by atoms with Gasteiger partial charge in [-0.15, -0.1) is 0 Å². The number of hydrogen-bond donors (Lipinski definition) is 0. The van der Waals surface area contributed by atoms with Gasteiger partial charge in [0.25, 0.3) is 0 Å². The van der Waals surface area contributed by atoms with Crippen molar-refractivity contribution in [2.24, 2.45) is 0 Å². The third kappa shape index (κ3) is 5.37. The fourth-order valence-electron chi connectivity index (χ4n) is 0. The third-order valence-electron chi connectivity index (χ3n) is 0.309. The van der Waals surface area contributed by atoms with E-state index in [2.05, 4.69) is 33.5 Å². The fourth-order valence-corrected chi connectivity index (χ4v) is 0. The Bertz CT molecular complexity index is 20.9. The maximum absolute atomic E-state index is 2.46. The second-order valence-corrected chi connectivity index (χ2v) is 12.6. The zero-order chi connectivity index (χ0) is 4.28. The predicted molar refractivity (Wildman–Crippen MR) is 36.4 cm³/mol. The molecule has 0 saturated heterocycles. The minimum absolute atomic E-state index is 0.525. The van der Waals surface area contributed by atoms with E-state index in [1.807, 2.05) is 0 Å². The Morgan fingerprint density at radius 2 is 1.80 bits per heavy atom. The van der Waals surface area contributed by atoms with E-state index in [4.69, 9.17) is 0 Å². The molecule has 0 nitrogen and oxygen atoms in total. The van der Waals surface area contributed by atoms with E-state index in [1.54, 1.807) is 0 Å². The molecule has 0 aliphatic rings.